The minimum atomic E-state index is 0.144. The molecular formula is C18H17Cl2N3O2. The summed E-state index contributed by atoms with van der Waals surface area (Å²) in [5.41, 5.74) is 2.32. The quantitative estimate of drug-likeness (QED) is 0.589. The first-order chi connectivity index (χ1) is 12.1. The van der Waals surface area contributed by atoms with Crippen LogP contribution in [-0.4, -0.2) is 21.2 Å². The smallest absolute Gasteiger partial charge is 0.265 e. The largest absolute Gasteiger partial charge is 0.471 e. The summed E-state index contributed by atoms with van der Waals surface area (Å²) in [7, 11) is 0. The molecule has 0 aliphatic heterocycles. The van der Waals surface area contributed by atoms with Crippen LogP contribution >= 0.6 is 23.2 Å². The first kappa shape index (κ1) is 16.6. The second-order valence-corrected chi connectivity index (χ2v) is 7.15. The predicted octanol–water partition coefficient (Wildman–Crippen LogP) is 5.47. The minimum absolute atomic E-state index is 0.144. The highest BCUT2D eigenvalue weighted by atomic mass is 35.5. The number of hydrogen-bond donors (Lipinski definition) is 0. The third-order valence-electron chi connectivity index (χ3n) is 4.40. The number of nitrogens with zero attached hydrogens (tertiary/aromatic N) is 3. The van der Waals surface area contributed by atoms with E-state index in [-0.39, 0.29) is 6.10 Å². The Morgan fingerprint density at radius 3 is 2.76 bits per heavy atom. The summed E-state index contributed by atoms with van der Waals surface area (Å²) < 4.78 is 11.7. The highest BCUT2D eigenvalue weighted by Gasteiger charge is 2.33. The van der Waals surface area contributed by atoms with E-state index in [0.717, 1.165) is 6.42 Å². The van der Waals surface area contributed by atoms with Gasteiger partial charge in [-0.2, -0.15) is 4.98 Å². The number of ether oxygens (including phenoxy) is 1. The maximum atomic E-state index is 6.32. The third kappa shape index (κ3) is 3.18. The van der Waals surface area contributed by atoms with E-state index < -0.39 is 0 Å². The van der Waals surface area contributed by atoms with Gasteiger partial charge in [0.15, 0.2) is 0 Å². The van der Waals surface area contributed by atoms with E-state index in [9.17, 15) is 0 Å². The zero-order valence-electron chi connectivity index (χ0n) is 13.9. The van der Waals surface area contributed by atoms with Crippen LogP contribution in [0.25, 0.3) is 22.4 Å². The van der Waals surface area contributed by atoms with Crippen molar-refractivity contribution in [2.24, 2.45) is 5.92 Å². The predicted molar refractivity (Wildman–Crippen MR) is 97.2 cm³/mol. The minimum Gasteiger partial charge on any atom is -0.471 e. The van der Waals surface area contributed by atoms with Crippen molar-refractivity contribution < 1.29 is 9.26 Å². The summed E-state index contributed by atoms with van der Waals surface area (Å²) in [6, 6.07) is 5.23. The first-order valence-corrected chi connectivity index (χ1v) is 9.08. The molecule has 1 saturated carbocycles. The normalized spacial score (nSPS) is 15.5. The molecule has 1 unspecified atom stereocenters. The molecule has 7 heteroatoms. The summed E-state index contributed by atoms with van der Waals surface area (Å²) in [6.45, 7) is 3.94. The third-order valence-corrected chi connectivity index (χ3v) is 4.95. The van der Waals surface area contributed by atoms with Gasteiger partial charge < -0.3 is 9.26 Å². The van der Waals surface area contributed by atoms with Gasteiger partial charge in [-0.25, -0.2) is 4.98 Å². The van der Waals surface area contributed by atoms with Crippen LogP contribution in [0.4, 0.5) is 0 Å². The maximum Gasteiger partial charge on any atom is 0.265 e. The molecule has 130 valence electrons. The van der Waals surface area contributed by atoms with E-state index in [1.807, 2.05) is 6.92 Å². The van der Waals surface area contributed by atoms with Gasteiger partial charge in [-0.3, -0.25) is 0 Å². The number of halogens is 2. The standard InChI is InChI=1S/C18H17Cl2N3O2/c1-3-14(10-4-5-10)24-18-17-16(21-9(2)22-18)15(23-25-17)12-7-6-11(19)8-13(12)20/h6-8,10,14H,3-5H2,1-2H3. The van der Waals surface area contributed by atoms with Crippen LogP contribution in [0.3, 0.4) is 0 Å². The number of rotatable bonds is 5. The average Bonchev–Trinajstić information content (AvgIpc) is 3.33. The van der Waals surface area contributed by atoms with Gasteiger partial charge >= 0.3 is 0 Å². The molecule has 1 aliphatic rings. The fourth-order valence-electron chi connectivity index (χ4n) is 2.98. The Labute approximate surface area is 155 Å². The molecule has 0 bridgehead atoms. The molecule has 5 nitrogen and oxygen atoms in total. The van der Waals surface area contributed by atoms with Crippen molar-refractivity contribution in [1.29, 1.82) is 0 Å². The highest BCUT2D eigenvalue weighted by Crippen LogP contribution is 2.39. The molecule has 1 aliphatic carbocycles. The molecule has 1 atom stereocenters. The van der Waals surface area contributed by atoms with Crippen LogP contribution in [0.5, 0.6) is 5.88 Å². The molecule has 0 spiro atoms. The molecule has 3 aromatic rings. The lowest BCUT2D eigenvalue weighted by atomic mass is 10.1. The van der Waals surface area contributed by atoms with Crippen molar-refractivity contribution in [3.63, 3.8) is 0 Å². The molecule has 25 heavy (non-hydrogen) atoms. The van der Waals surface area contributed by atoms with Gasteiger partial charge in [0.2, 0.25) is 5.58 Å². The molecular weight excluding hydrogens is 361 g/mol. The first-order valence-electron chi connectivity index (χ1n) is 8.33. The van der Waals surface area contributed by atoms with E-state index in [1.54, 1.807) is 18.2 Å². The van der Waals surface area contributed by atoms with E-state index in [0.29, 0.717) is 50.0 Å². The summed E-state index contributed by atoms with van der Waals surface area (Å²) >= 11 is 12.3. The van der Waals surface area contributed by atoms with Crippen molar-refractivity contribution in [3.8, 4) is 17.1 Å². The van der Waals surface area contributed by atoms with E-state index in [2.05, 4.69) is 22.0 Å². The van der Waals surface area contributed by atoms with Crippen molar-refractivity contribution in [2.45, 2.75) is 39.2 Å². The molecule has 1 fully saturated rings. The second kappa shape index (κ2) is 6.46. The molecule has 0 saturated heterocycles. The van der Waals surface area contributed by atoms with E-state index in [4.69, 9.17) is 32.5 Å². The average molecular weight is 378 g/mol. The van der Waals surface area contributed by atoms with E-state index >= 15 is 0 Å². The van der Waals surface area contributed by atoms with Gasteiger partial charge in [0.1, 0.15) is 23.1 Å². The second-order valence-electron chi connectivity index (χ2n) is 6.31. The van der Waals surface area contributed by atoms with Gasteiger partial charge in [0.05, 0.1) is 5.02 Å². The zero-order valence-corrected chi connectivity index (χ0v) is 15.4. The topological polar surface area (TPSA) is 61.0 Å². The molecule has 4 rings (SSSR count). The van der Waals surface area contributed by atoms with Crippen LogP contribution in [-0.2, 0) is 0 Å². The van der Waals surface area contributed by atoms with Crippen molar-refractivity contribution >= 4 is 34.3 Å². The zero-order chi connectivity index (χ0) is 17.6. The maximum absolute atomic E-state index is 6.32. The van der Waals surface area contributed by atoms with Gasteiger partial charge in [-0.15, -0.1) is 0 Å². The lowest BCUT2D eigenvalue weighted by Crippen LogP contribution is -2.18. The molecule has 1 aromatic carbocycles. The highest BCUT2D eigenvalue weighted by molar-refractivity contribution is 6.36. The van der Waals surface area contributed by atoms with E-state index in [1.165, 1.54) is 12.8 Å². The van der Waals surface area contributed by atoms with Crippen molar-refractivity contribution in [3.05, 3.63) is 34.1 Å². The Bertz CT molecular complexity index is 937. The van der Waals surface area contributed by atoms with Gasteiger partial charge in [0, 0.05) is 10.6 Å². The number of aryl methyl sites for hydroxylation is 1. The summed E-state index contributed by atoms with van der Waals surface area (Å²) in [5.74, 6) is 1.65. The Balaban J connectivity index is 1.80. The van der Waals surface area contributed by atoms with Crippen molar-refractivity contribution in [1.82, 2.24) is 15.1 Å². The SMILES string of the molecule is CCC(Oc1nc(C)nc2c(-c3ccc(Cl)cc3Cl)noc12)C1CC1. The Hall–Kier alpha value is -1.85. The molecule has 0 N–H and O–H groups in total. The van der Waals surface area contributed by atoms with Crippen LogP contribution in [0, 0.1) is 12.8 Å². The monoisotopic (exact) mass is 377 g/mol. The summed E-state index contributed by atoms with van der Waals surface area (Å²) in [5, 5.41) is 5.22. The number of fused-ring (bicyclic) bond motifs is 1. The Morgan fingerprint density at radius 1 is 1.28 bits per heavy atom. The van der Waals surface area contributed by atoms with Crippen LogP contribution in [0.2, 0.25) is 10.0 Å². The van der Waals surface area contributed by atoms with Gasteiger partial charge in [0.25, 0.3) is 5.88 Å². The van der Waals surface area contributed by atoms with Crippen LogP contribution in [0.1, 0.15) is 32.0 Å². The lowest BCUT2D eigenvalue weighted by molar-refractivity contribution is 0.165. The number of aromatic nitrogens is 3. The Kier molecular flexibility index (Phi) is 4.29. The Morgan fingerprint density at radius 2 is 2.08 bits per heavy atom. The molecule has 0 radical (unpaired) electrons. The number of hydrogen-bond acceptors (Lipinski definition) is 5. The van der Waals surface area contributed by atoms with Crippen LogP contribution < -0.4 is 4.74 Å². The molecule has 2 aromatic heterocycles. The summed E-state index contributed by atoms with van der Waals surface area (Å²) in [6.07, 6.45) is 3.48. The molecule has 0 amide bonds. The fourth-order valence-corrected chi connectivity index (χ4v) is 3.47. The van der Waals surface area contributed by atoms with Crippen LogP contribution in [0.15, 0.2) is 22.7 Å². The summed E-state index contributed by atoms with van der Waals surface area (Å²) in [4.78, 5) is 8.91. The van der Waals surface area contributed by atoms with Gasteiger partial charge in [-0.1, -0.05) is 35.3 Å². The van der Waals surface area contributed by atoms with Gasteiger partial charge in [-0.05, 0) is 50.3 Å². The number of benzene rings is 1. The molecule has 2 heterocycles. The lowest BCUT2D eigenvalue weighted by Gasteiger charge is -2.15. The van der Waals surface area contributed by atoms with Crippen molar-refractivity contribution in [2.75, 3.05) is 0 Å². The fraction of sp³-hybridized carbons (Fsp3) is 0.389.